The fraction of sp³-hybridized carbons (Fsp3) is 0. The van der Waals surface area contributed by atoms with E-state index in [2.05, 4.69) is 10.3 Å². The molecule has 6 heteroatoms. The van der Waals surface area contributed by atoms with Crippen LogP contribution in [0.1, 0.15) is 0 Å². The van der Waals surface area contributed by atoms with Gasteiger partial charge in [-0.2, -0.15) is 0 Å². The largest absolute Gasteiger partial charge is 0.381 e. The molecule has 5 rings (SSSR count). The second-order valence-corrected chi connectivity index (χ2v) is 7.45. The molecule has 0 amide bonds. The standard InChI is InChI=1S/C25H18ClN5/c26-20-15-18(14-17-10-7-13-28-21(17)20)23-22(16-8-3-1-4-9-16)30-24(27)25(31-23)29-19-11-5-2-6-12-19/h1-15H,(H2,27,30)(H,29,31). The summed E-state index contributed by atoms with van der Waals surface area (Å²) in [5, 5.41) is 4.76. The summed E-state index contributed by atoms with van der Waals surface area (Å²) in [5.41, 5.74) is 11.1. The molecule has 0 aliphatic carbocycles. The molecule has 0 spiro atoms. The Labute approximate surface area is 184 Å². The van der Waals surface area contributed by atoms with Crippen LogP contribution >= 0.6 is 11.6 Å². The highest BCUT2D eigenvalue weighted by atomic mass is 35.5. The van der Waals surface area contributed by atoms with Gasteiger partial charge in [-0.15, -0.1) is 0 Å². The molecule has 0 radical (unpaired) electrons. The number of halogens is 1. The lowest BCUT2D eigenvalue weighted by Crippen LogP contribution is -2.05. The second kappa shape index (κ2) is 8.05. The van der Waals surface area contributed by atoms with Gasteiger partial charge in [-0.25, -0.2) is 9.97 Å². The third kappa shape index (κ3) is 3.79. The summed E-state index contributed by atoms with van der Waals surface area (Å²) in [4.78, 5) is 14.0. The minimum absolute atomic E-state index is 0.319. The Morgan fingerprint density at radius 1 is 0.742 bits per heavy atom. The van der Waals surface area contributed by atoms with Gasteiger partial charge in [0.2, 0.25) is 0 Å². The number of pyridine rings is 1. The van der Waals surface area contributed by atoms with Gasteiger partial charge in [0.1, 0.15) is 0 Å². The molecule has 2 aromatic heterocycles. The molecule has 150 valence electrons. The van der Waals surface area contributed by atoms with Crippen molar-refractivity contribution in [3.05, 3.63) is 96.1 Å². The molecule has 0 aliphatic rings. The molecular formula is C25H18ClN5. The molecule has 2 heterocycles. The van der Waals surface area contributed by atoms with Crippen molar-refractivity contribution in [2.45, 2.75) is 0 Å². The number of para-hydroxylation sites is 1. The lowest BCUT2D eigenvalue weighted by Gasteiger charge is -2.15. The van der Waals surface area contributed by atoms with Gasteiger partial charge in [-0.1, -0.05) is 66.2 Å². The minimum Gasteiger partial charge on any atom is -0.381 e. The average molecular weight is 424 g/mol. The van der Waals surface area contributed by atoms with Crippen LogP contribution in [0.2, 0.25) is 5.02 Å². The predicted octanol–water partition coefficient (Wildman–Crippen LogP) is 6.34. The van der Waals surface area contributed by atoms with E-state index in [1.165, 1.54) is 0 Å². The molecule has 0 saturated heterocycles. The Morgan fingerprint density at radius 2 is 1.45 bits per heavy atom. The first kappa shape index (κ1) is 19.0. The number of nitrogens with two attached hydrogens (primary N) is 1. The number of fused-ring (bicyclic) bond motifs is 1. The average Bonchev–Trinajstić information content (AvgIpc) is 2.81. The van der Waals surface area contributed by atoms with Gasteiger partial charge in [-0.3, -0.25) is 4.98 Å². The fourth-order valence-corrected chi connectivity index (χ4v) is 3.76. The molecule has 3 N–H and O–H groups in total. The smallest absolute Gasteiger partial charge is 0.174 e. The number of rotatable bonds is 4. The quantitative estimate of drug-likeness (QED) is 0.352. The van der Waals surface area contributed by atoms with Crippen molar-refractivity contribution >= 4 is 39.8 Å². The Kier molecular flexibility index (Phi) is 4.94. The van der Waals surface area contributed by atoms with E-state index in [1.807, 2.05) is 84.9 Å². The molecule has 0 aliphatic heterocycles. The van der Waals surface area contributed by atoms with Gasteiger partial charge < -0.3 is 11.1 Å². The number of hydrogen-bond donors (Lipinski definition) is 2. The lowest BCUT2D eigenvalue weighted by molar-refractivity contribution is 1.21. The zero-order valence-corrected chi connectivity index (χ0v) is 17.2. The van der Waals surface area contributed by atoms with Crippen LogP contribution in [-0.4, -0.2) is 15.0 Å². The highest BCUT2D eigenvalue weighted by molar-refractivity contribution is 6.35. The van der Waals surface area contributed by atoms with Crippen LogP contribution in [0.4, 0.5) is 17.3 Å². The third-order valence-corrected chi connectivity index (χ3v) is 5.23. The van der Waals surface area contributed by atoms with Crippen molar-refractivity contribution < 1.29 is 0 Å². The van der Waals surface area contributed by atoms with Crippen LogP contribution < -0.4 is 11.1 Å². The van der Waals surface area contributed by atoms with Crippen LogP contribution in [0, 0.1) is 0 Å². The molecule has 5 nitrogen and oxygen atoms in total. The maximum Gasteiger partial charge on any atom is 0.174 e. The van der Waals surface area contributed by atoms with Crippen molar-refractivity contribution in [3.8, 4) is 22.5 Å². The number of hydrogen-bond acceptors (Lipinski definition) is 5. The number of nitrogens with zero attached hydrogens (tertiary/aromatic N) is 3. The van der Waals surface area contributed by atoms with Crippen molar-refractivity contribution in [1.29, 1.82) is 0 Å². The van der Waals surface area contributed by atoms with Gasteiger partial charge in [0.15, 0.2) is 11.6 Å². The number of benzene rings is 3. The maximum atomic E-state index is 6.56. The zero-order valence-electron chi connectivity index (χ0n) is 16.5. The fourth-order valence-electron chi connectivity index (χ4n) is 3.48. The van der Waals surface area contributed by atoms with Gasteiger partial charge in [0, 0.05) is 28.4 Å². The summed E-state index contributed by atoms with van der Waals surface area (Å²) in [6.45, 7) is 0. The van der Waals surface area contributed by atoms with Gasteiger partial charge in [0.05, 0.1) is 21.9 Å². The normalized spacial score (nSPS) is 10.9. The molecular weight excluding hydrogens is 406 g/mol. The van der Waals surface area contributed by atoms with Crippen LogP contribution in [-0.2, 0) is 0 Å². The molecule has 0 saturated carbocycles. The van der Waals surface area contributed by atoms with E-state index >= 15 is 0 Å². The first-order chi connectivity index (χ1) is 15.2. The Hall–Kier alpha value is -3.96. The molecule has 5 aromatic rings. The second-order valence-electron chi connectivity index (χ2n) is 7.04. The van der Waals surface area contributed by atoms with Gasteiger partial charge in [-0.05, 0) is 30.3 Å². The van der Waals surface area contributed by atoms with E-state index in [0.717, 1.165) is 27.7 Å². The lowest BCUT2D eigenvalue weighted by atomic mass is 10.0. The van der Waals surface area contributed by atoms with E-state index in [4.69, 9.17) is 27.3 Å². The highest BCUT2D eigenvalue weighted by Crippen LogP contribution is 2.36. The van der Waals surface area contributed by atoms with Crippen LogP contribution in [0.15, 0.2) is 91.1 Å². The summed E-state index contributed by atoms with van der Waals surface area (Å²) in [5.74, 6) is 0.809. The van der Waals surface area contributed by atoms with Crippen molar-refractivity contribution in [2.75, 3.05) is 11.1 Å². The van der Waals surface area contributed by atoms with Crippen molar-refractivity contribution in [2.24, 2.45) is 0 Å². The van der Waals surface area contributed by atoms with E-state index in [-0.39, 0.29) is 0 Å². The molecule has 0 unspecified atom stereocenters. The SMILES string of the molecule is Nc1nc(-c2ccccc2)c(-c2cc(Cl)c3ncccc3c2)nc1Nc1ccccc1. The van der Waals surface area contributed by atoms with Gasteiger partial charge in [0.25, 0.3) is 0 Å². The van der Waals surface area contributed by atoms with Gasteiger partial charge >= 0.3 is 0 Å². The summed E-state index contributed by atoms with van der Waals surface area (Å²) in [6, 6.07) is 27.4. The first-order valence-corrected chi connectivity index (χ1v) is 10.2. The molecule has 0 fully saturated rings. The summed E-state index contributed by atoms with van der Waals surface area (Å²) < 4.78 is 0. The number of nitrogen functional groups attached to an aromatic ring is 1. The minimum atomic E-state index is 0.319. The summed E-state index contributed by atoms with van der Waals surface area (Å²) in [6.07, 6.45) is 1.73. The summed E-state index contributed by atoms with van der Waals surface area (Å²) in [7, 11) is 0. The predicted molar refractivity (Wildman–Crippen MR) is 127 cm³/mol. The summed E-state index contributed by atoms with van der Waals surface area (Å²) >= 11 is 6.56. The Bertz CT molecular complexity index is 1370. The first-order valence-electron chi connectivity index (χ1n) is 9.79. The Balaban J connectivity index is 1.72. The topological polar surface area (TPSA) is 76.7 Å². The van der Waals surface area contributed by atoms with E-state index in [9.17, 15) is 0 Å². The Morgan fingerprint density at radius 3 is 2.23 bits per heavy atom. The maximum absolute atomic E-state index is 6.56. The molecule has 3 aromatic carbocycles. The van der Waals surface area contributed by atoms with Crippen LogP contribution in [0.25, 0.3) is 33.4 Å². The molecule has 0 atom stereocenters. The van der Waals surface area contributed by atoms with E-state index in [0.29, 0.717) is 28.0 Å². The number of aromatic nitrogens is 3. The van der Waals surface area contributed by atoms with E-state index < -0.39 is 0 Å². The molecule has 0 bridgehead atoms. The highest BCUT2D eigenvalue weighted by Gasteiger charge is 2.17. The third-order valence-electron chi connectivity index (χ3n) is 4.94. The van der Waals surface area contributed by atoms with Crippen LogP contribution in [0.5, 0.6) is 0 Å². The number of nitrogens with one attached hydrogen (secondary N) is 1. The zero-order chi connectivity index (χ0) is 21.2. The van der Waals surface area contributed by atoms with Crippen LogP contribution in [0.3, 0.4) is 0 Å². The monoisotopic (exact) mass is 423 g/mol. The molecule has 31 heavy (non-hydrogen) atoms. The number of anilines is 3. The van der Waals surface area contributed by atoms with E-state index in [1.54, 1.807) is 6.20 Å². The van der Waals surface area contributed by atoms with Crippen molar-refractivity contribution in [3.63, 3.8) is 0 Å². The van der Waals surface area contributed by atoms with Crippen molar-refractivity contribution in [1.82, 2.24) is 15.0 Å².